The van der Waals surface area contributed by atoms with E-state index in [2.05, 4.69) is 10.3 Å². The number of aromatic nitrogens is 2. The van der Waals surface area contributed by atoms with E-state index in [0.717, 1.165) is 16.6 Å². The van der Waals surface area contributed by atoms with E-state index in [-0.39, 0.29) is 6.03 Å². The van der Waals surface area contributed by atoms with Crippen molar-refractivity contribution in [3.8, 4) is 0 Å². The summed E-state index contributed by atoms with van der Waals surface area (Å²) >= 11 is 0. The van der Waals surface area contributed by atoms with Crippen LogP contribution in [0, 0.1) is 0 Å². The Labute approximate surface area is 156 Å². The summed E-state index contributed by atoms with van der Waals surface area (Å²) in [5.41, 5.74) is 2.79. The van der Waals surface area contributed by atoms with Gasteiger partial charge in [0.2, 0.25) is 5.95 Å². The van der Waals surface area contributed by atoms with Crippen LogP contribution in [0.1, 0.15) is 5.56 Å². The number of hydrogen-bond donors (Lipinski definition) is 1. The summed E-state index contributed by atoms with van der Waals surface area (Å²) in [6, 6.07) is 16.2. The summed E-state index contributed by atoms with van der Waals surface area (Å²) in [6.45, 7) is 1.18. The van der Waals surface area contributed by atoms with Crippen LogP contribution in [-0.2, 0) is 22.5 Å². The maximum absolute atomic E-state index is 12.9. The van der Waals surface area contributed by atoms with Crippen molar-refractivity contribution in [2.75, 3.05) is 18.6 Å². The van der Waals surface area contributed by atoms with Crippen LogP contribution in [-0.4, -0.2) is 41.2 Å². The lowest BCUT2D eigenvalue weighted by molar-refractivity contribution is -0.142. The van der Waals surface area contributed by atoms with E-state index >= 15 is 0 Å². The zero-order valence-corrected chi connectivity index (χ0v) is 15.0. The number of nitrogens with zero attached hydrogens (tertiary/aromatic N) is 3. The molecule has 3 aromatic rings. The molecule has 0 bridgehead atoms. The lowest BCUT2D eigenvalue weighted by Gasteiger charge is -2.21. The maximum Gasteiger partial charge on any atom is 0.328 e. The molecule has 7 nitrogen and oxygen atoms in total. The van der Waals surface area contributed by atoms with Crippen LogP contribution >= 0.6 is 0 Å². The van der Waals surface area contributed by atoms with Crippen LogP contribution in [0.25, 0.3) is 11.0 Å². The van der Waals surface area contributed by atoms with Crippen LogP contribution < -0.4 is 10.2 Å². The normalized spacial score (nSPS) is 14.0. The molecule has 138 valence electrons. The van der Waals surface area contributed by atoms with E-state index in [1.807, 2.05) is 59.2 Å². The first-order chi connectivity index (χ1) is 13.2. The van der Waals surface area contributed by atoms with Crippen LogP contribution in [0.4, 0.5) is 10.7 Å². The second-order valence-corrected chi connectivity index (χ2v) is 6.42. The monoisotopic (exact) mass is 364 g/mol. The predicted molar refractivity (Wildman–Crippen MR) is 102 cm³/mol. The van der Waals surface area contributed by atoms with Crippen molar-refractivity contribution < 1.29 is 14.3 Å². The zero-order chi connectivity index (χ0) is 18.8. The molecule has 1 atom stereocenters. The Morgan fingerprint density at radius 2 is 1.85 bits per heavy atom. The first kappa shape index (κ1) is 17.1. The second-order valence-electron chi connectivity index (χ2n) is 6.42. The van der Waals surface area contributed by atoms with E-state index in [4.69, 9.17) is 4.74 Å². The highest BCUT2D eigenvalue weighted by molar-refractivity contribution is 5.96. The average Bonchev–Trinajstić information content (AvgIpc) is 3.26. The number of benzene rings is 2. The summed E-state index contributed by atoms with van der Waals surface area (Å²) in [5.74, 6) is 0.122. The molecule has 1 aliphatic heterocycles. The molecule has 0 aliphatic carbocycles. The summed E-state index contributed by atoms with van der Waals surface area (Å²) in [6.07, 6.45) is 0.365. The number of methoxy groups -OCH3 is 1. The number of nitrogens with one attached hydrogen (secondary N) is 1. The van der Waals surface area contributed by atoms with Crippen molar-refractivity contribution in [2.24, 2.45) is 0 Å². The number of para-hydroxylation sites is 2. The summed E-state index contributed by atoms with van der Waals surface area (Å²) < 4.78 is 6.89. The number of rotatable bonds is 4. The Bertz CT molecular complexity index is 983. The fourth-order valence-electron chi connectivity index (χ4n) is 3.39. The molecule has 1 aromatic heterocycles. The van der Waals surface area contributed by atoms with E-state index < -0.39 is 12.0 Å². The van der Waals surface area contributed by atoms with Gasteiger partial charge in [0, 0.05) is 19.5 Å². The van der Waals surface area contributed by atoms with Gasteiger partial charge in [-0.15, -0.1) is 0 Å². The second kappa shape index (κ2) is 7.11. The molecule has 2 heterocycles. The van der Waals surface area contributed by atoms with E-state index in [1.165, 1.54) is 7.11 Å². The molecule has 0 saturated heterocycles. The highest BCUT2D eigenvalue weighted by Crippen LogP contribution is 2.27. The van der Waals surface area contributed by atoms with Gasteiger partial charge < -0.3 is 14.6 Å². The maximum atomic E-state index is 12.9. The largest absolute Gasteiger partial charge is 0.467 e. The Balaban J connectivity index is 1.55. The molecule has 2 amide bonds. The highest BCUT2D eigenvalue weighted by Gasteiger charge is 2.31. The van der Waals surface area contributed by atoms with Crippen LogP contribution in [0.5, 0.6) is 0 Å². The van der Waals surface area contributed by atoms with Crippen molar-refractivity contribution in [3.63, 3.8) is 0 Å². The molecule has 0 radical (unpaired) electrons. The SMILES string of the molecule is COC(=O)[C@H](Cc1ccccc1)NC(=O)N1CCn2c1nc1ccccc12. The smallest absolute Gasteiger partial charge is 0.328 e. The number of carbonyl (C=O) groups is 2. The Kier molecular flexibility index (Phi) is 4.50. The third kappa shape index (κ3) is 3.23. The zero-order valence-electron chi connectivity index (χ0n) is 15.0. The Morgan fingerprint density at radius 3 is 2.63 bits per heavy atom. The number of amides is 2. The number of fused-ring (bicyclic) bond motifs is 3. The van der Waals surface area contributed by atoms with Crippen LogP contribution in [0.15, 0.2) is 54.6 Å². The van der Waals surface area contributed by atoms with Gasteiger partial charge in [-0.25, -0.2) is 14.6 Å². The van der Waals surface area contributed by atoms with E-state index in [9.17, 15) is 9.59 Å². The predicted octanol–water partition coefficient (Wildman–Crippen LogP) is 2.35. The Hall–Kier alpha value is -3.35. The minimum Gasteiger partial charge on any atom is -0.467 e. The highest BCUT2D eigenvalue weighted by atomic mass is 16.5. The van der Waals surface area contributed by atoms with Gasteiger partial charge in [0.1, 0.15) is 6.04 Å². The fraction of sp³-hybridized carbons (Fsp3) is 0.250. The number of urea groups is 1. The van der Waals surface area contributed by atoms with E-state index in [0.29, 0.717) is 25.5 Å². The molecule has 0 saturated carbocycles. The summed E-state index contributed by atoms with van der Waals surface area (Å²) in [5, 5.41) is 2.80. The third-order valence-electron chi connectivity index (χ3n) is 4.73. The standard InChI is InChI=1S/C20H20N4O3/c1-27-18(25)16(13-14-7-3-2-4-8-14)22-20(26)24-12-11-23-17-10-6-5-9-15(17)21-19(23)24/h2-10,16H,11-13H2,1H3,(H,22,26)/t16-/m0/s1. The van der Waals surface area contributed by atoms with Gasteiger partial charge in [-0.1, -0.05) is 42.5 Å². The molecule has 4 rings (SSSR count). The molecule has 1 N–H and O–H groups in total. The minimum atomic E-state index is -0.761. The lowest BCUT2D eigenvalue weighted by atomic mass is 10.1. The number of carbonyl (C=O) groups excluding carboxylic acids is 2. The summed E-state index contributed by atoms with van der Waals surface area (Å²) in [4.78, 5) is 31.2. The minimum absolute atomic E-state index is 0.351. The molecular weight excluding hydrogens is 344 g/mol. The summed E-state index contributed by atoms with van der Waals surface area (Å²) in [7, 11) is 1.32. The molecule has 27 heavy (non-hydrogen) atoms. The van der Waals surface area contributed by atoms with Crippen molar-refractivity contribution in [1.29, 1.82) is 0 Å². The van der Waals surface area contributed by atoms with Gasteiger partial charge in [0.05, 0.1) is 18.1 Å². The molecule has 0 fully saturated rings. The van der Waals surface area contributed by atoms with E-state index in [1.54, 1.807) is 4.90 Å². The van der Waals surface area contributed by atoms with Crippen LogP contribution in [0.2, 0.25) is 0 Å². The molecule has 0 spiro atoms. The topological polar surface area (TPSA) is 76.5 Å². The number of esters is 1. The number of ether oxygens (including phenoxy) is 1. The van der Waals surface area contributed by atoms with Gasteiger partial charge in [-0.2, -0.15) is 0 Å². The van der Waals surface area contributed by atoms with Gasteiger partial charge in [-0.3, -0.25) is 4.90 Å². The molecule has 0 unspecified atom stereocenters. The van der Waals surface area contributed by atoms with Crippen molar-refractivity contribution >= 4 is 29.0 Å². The van der Waals surface area contributed by atoms with Gasteiger partial charge in [0.15, 0.2) is 0 Å². The fourth-order valence-corrected chi connectivity index (χ4v) is 3.39. The van der Waals surface area contributed by atoms with Gasteiger partial charge in [0.25, 0.3) is 0 Å². The van der Waals surface area contributed by atoms with Crippen molar-refractivity contribution in [1.82, 2.24) is 14.9 Å². The average molecular weight is 364 g/mol. The quantitative estimate of drug-likeness (QED) is 0.721. The number of imidazole rings is 1. The number of hydrogen-bond acceptors (Lipinski definition) is 4. The molecular formula is C20H20N4O3. The first-order valence-electron chi connectivity index (χ1n) is 8.82. The molecule has 7 heteroatoms. The lowest BCUT2D eigenvalue weighted by Crippen LogP contribution is -2.49. The third-order valence-corrected chi connectivity index (χ3v) is 4.73. The van der Waals surface area contributed by atoms with Crippen LogP contribution in [0.3, 0.4) is 0 Å². The van der Waals surface area contributed by atoms with Crippen molar-refractivity contribution in [2.45, 2.75) is 19.0 Å². The Morgan fingerprint density at radius 1 is 1.11 bits per heavy atom. The van der Waals surface area contributed by atoms with Crippen molar-refractivity contribution in [3.05, 3.63) is 60.2 Å². The number of anilines is 1. The molecule has 1 aliphatic rings. The first-order valence-corrected chi connectivity index (χ1v) is 8.82. The van der Waals surface area contributed by atoms with Gasteiger partial charge in [-0.05, 0) is 17.7 Å². The van der Waals surface area contributed by atoms with Gasteiger partial charge >= 0.3 is 12.0 Å². The molecule has 2 aromatic carbocycles.